The van der Waals surface area contributed by atoms with Gasteiger partial charge in [0.2, 0.25) is 5.91 Å². The fourth-order valence-electron chi connectivity index (χ4n) is 3.36. The van der Waals surface area contributed by atoms with Crippen LogP contribution < -0.4 is 10.6 Å². The average Bonchev–Trinajstić information content (AvgIpc) is 3.16. The Balaban J connectivity index is 1.61. The minimum absolute atomic E-state index is 0.0574. The van der Waals surface area contributed by atoms with Gasteiger partial charge in [-0.05, 0) is 44.6 Å². The predicted molar refractivity (Wildman–Crippen MR) is 98.1 cm³/mol. The molecule has 0 saturated carbocycles. The first kappa shape index (κ1) is 17.6. The fourth-order valence-corrected chi connectivity index (χ4v) is 3.36. The SMILES string of the molecule is CN(CC(=O)N[C@H](Cn1cccn1)c1ccccc1)C1CCNCC1. The van der Waals surface area contributed by atoms with Crippen molar-refractivity contribution in [1.29, 1.82) is 0 Å². The second-order valence-corrected chi connectivity index (χ2v) is 6.66. The third kappa shape index (κ3) is 5.14. The molecule has 25 heavy (non-hydrogen) atoms. The molecule has 2 N–H and O–H groups in total. The standard InChI is InChI=1S/C19H27N5O/c1-23(17-8-11-20-12-9-17)15-19(25)22-18(14-24-13-5-10-21-24)16-6-3-2-4-7-16/h2-7,10,13,17-18,20H,8-9,11-12,14-15H2,1H3,(H,22,25)/t18-/m1/s1. The minimum atomic E-state index is -0.0879. The number of benzene rings is 1. The lowest BCUT2D eigenvalue weighted by atomic mass is 10.1. The number of piperidine rings is 1. The molecule has 1 aliphatic rings. The van der Waals surface area contributed by atoms with E-state index in [0.717, 1.165) is 31.5 Å². The van der Waals surface area contributed by atoms with E-state index in [1.807, 2.05) is 54.3 Å². The molecule has 1 aromatic heterocycles. The summed E-state index contributed by atoms with van der Waals surface area (Å²) in [5.41, 5.74) is 1.09. The molecule has 3 rings (SSSR count). The first-order valence-electron chi connectivity index (χ1n) is 8.95. The van der Waals surface area contributed by atoms with E-state index in [9.17, 15) is 4.79 Å². The van der Waals surface area contributed by atoms with Gasteiger partial charge in [-0.1, -0.05) is 30.3 Å². The van der Waals surface area contributed by atoms with Crippen LogP contribution in [0.5, 0.6) is 0 Å². The highest BCUT2D eigenvalue weighted by Gasteiger charge is 2.21. The summed E-state index contributed by atoms with van der Waals surface area (Å²) < 4.78 is 1.86. The first-order valence-corrected chi connectivity index (χ1v) is 8.95. The van der Waals surface area contributed by atoms with Gasteiger partial charge in [-0.2, -0.15) is 5.10 Å². The Morgan fingerprint density at radius 2 is 2.08 bits per heavy atom. The Kier molecular flexibility index (Phi) is 6.19. The maximum absolute atomic E-state index is 12.6. The van der Waals surface area contributed by atoms with Crippen molar-refractivity contribution in [1.82, 2.24) is 25.3 Å². The number of likely N-dealkylation sites (N-methyl/N-ethyl adjacent to an activating group) is 1. The molecule has 0 spiro atoms. The van der Waals surface area contributed by atoms with Crippen LogP contribution in [0.2, 0.25) is 0 Å². The second-order valence-electron chi connectivity index (χ2n) is 6.66. The van der Waals surface area contributed by atoms with E-state index in [2.05, 4.69) is 20.6 Å². The molecule has 2 aromatic rings. The number of aromatic nitrogens is 2. The predicted octanol–water partition coefficient (Wildman–Crippen LogP) is 1.42. The number of hydrogen-bond donors (Lipinski definition) is 2. The largest absolute Gasteiger partial charge is 0.346 e. The van der Waals surface area contributed by atoms with Crippen molar-refractivity contribution < 1.29 is 4.79 Å². The van der Waals surface area contributed by atoms with E-state index in [-0.39, 0.29) is 11.9 Å². The molecule has 1 saturated heterocycles. The topological polar surface area (TPSA) is 62.2 Å². The van der Waals surface area contributed by atoms with Gasteiger partial charge in [0.1, 0.15) is 0 Å². The molecule has 1 fully saturated rings. The van der Waals surface area contributed by atoms with Gasteiger partial charge >= 0.3 is 0 Å². The Hall–Kier alpha value is -2.18. The summed E-state index contributed by atoms with van der Waals surface area (Å²) in [5.74, 6) is 0.0574. The maximum atomic E-state index is 12.6. The Bertz CT molecular complexity index is 637. The zero-order valence-electron chi connectivity index (χ0n) is 14.8. The van der Waals surface area contributed by atoms with Crippen molar-refractivity contribution in [2.45, 2.75) is 31.5 Å². The molecule has 1 atom stereocenters. The van der Waals surface area contributed by atoms with E-state index in [1.54, 1.807) is 6.20 Å². The first-order chi connectivity index (χ1) is 12.2. The summed E-state index contributed by atoms with van der Waals surface area (Å²) in [5, 5.41) is 10.8. The number of amides is 1. The number of carbonyl (C=O) groups excluding carboxylic acids is 1. The summed E-state index contributed by atoms with van der Waals surface area (Å²) in [7, 11) is 2.04. The smallest absolute Gasteiger partial charge is 0.234 e. The molecular formula is C19H27N5O. The van der Waals surface area contributed by atoms with Crippen LogP contribution in [-0.2, 0) is 11.3 Å². The quantitative estimate of drug-likeness (QED) is 0.800. The molecule has 2 heterocycles. The van der Waals surface area contributed by atoms with Crippen LogP contribution in [0.1, 0.15) is 24.4 Å². The number of nitrogens with one attached hydrogen (secondary N) is 2. The third-order valence-electron chi connectivity index (χ3n) is 4.79. The van der Waals surface area contributed by atoms with Gasteiger partial charge in [0, 0.05) is 18.4 Å². The van der Waals surface area contributed by atoms with Gasteiger partial charge in [-0.15, -0.1) is 0 Å². The molecular weight excluding hydrogens is 314 g/mol. The lowest BCUT2D eigenvalue weighted by molar-refractivity contribution is -0.123. The number of nitrogens with zero attached hydrogens (tertiary/aromatic N) is 3. The lowest BCUT2D eigenvalue weighted by Crippen LogP contribution is -2.46. The van der Waals surface area contributed by atoms with E-state index in [4.69, 9.17) is 0 Å². The fraction of sp³-hybridized carbons (Fsp3) is 0.474. The van der Waals surface area contributed by atoms with Gasteiger partial charge in [-0.3, -0.25) is 14.4 Å². The van der Waals surface area contributed by atoms with Crippen LogP contribution in [0.3, 0.4) is 0 Å². The van der Waals surface area contributed by atoms with E-state index < -0.39 is 0 Å². The lowest BCUT2D eigenvalue weighted by Gasteiger charge is -2.31. The van der Waals surface area contributed by atoms with Crippen molar-refractivity contribution in [3.05, 3.63) is 54.4 Å². The number of carbonyl (C=O) groups is 1. The maximum Gasteiger partial charge on any atom is 0.234 e. The van der Waals surface area contributed by atoms with Gasteiger partial charge in [-0.25, -0.2) is 0 Å². The summed E-state index contributed by atoms with van der Waals surface area (Å²) in [6.07, 6.45) is 5.87. The molecule has 6 nitrogen and oxygen atoms in total. The molecule has 0 aliphatic carbocycles. The van der Waals surface area contributed by atoms with Crippen molar-refractivity contribution in [3.63, 3.8) is 0 Å². The number of rotatable bonds is 7. The Morgan fingerprint density at radius 3 is 2.76 bits per heavy atom. The summed E-state index contributed by atoms with van der Waals surface area (Å²) in [6, 6.07) is 12.4. The monoisotopic (exact) mass is 341 g/mol. The second kappa shape index (κ2) is 8.78. The van der Waals surface area contributed by atoms with E-state index in [1.165, 1.54) is 0 Å². The van der Waals surface area contributed by atoms with Gasteiger partial charge in [0.25, 0.3) is 0 Å². The van der Waals surface area contributed by atoms with E-state index in [0.29, 0.717) is 19.1 Å². The van der Waals surface area contributed by atoms with Crippen molar-refractivity contribution in [3.8, 4) is 0 Å². The van der Waals surface area contributed by atoms with E-state index >= 15 is 0 Å². The molecule has 0 bridgehead atoms. The Morgan fingerprint density at radius 1 is 1.32 bits per heavy atom. The molecule has 0 unspecified atom stereocenters. The zero-order chi connectivity index (χ0) is 17.5. The molecule has 1 aromatic carbocycles. The summed E-state index contributed by atoms with van der Waals surface area (Å²) >= 11 is 0. The van der Waals surface area contributed by atoms with Gasteiger partial charge in [0.15, 0.2) is 0 Å². The highest BCUT2D eigenvalue weighted by Crippen LogP contribution is 2.15. The molecule has 0 radical (unpaired) electrons. The summed E-state index contributed by atoms with van der Waals surface area (Å²) in [6.45, 7) is 3.11. The van der Waals surface area contributed by atoms with Crippen LogP contribution in [0.4, 0.5) is 0 Å². The van der Waals surface area contributed by atoms with Crippen LogP contribution >= 0.6 is 0 Å². The van der Waals surface area contributed by atoms with Crippen molar-refractivity contribution >= 4 is 5.91 Å². The van der Waals surface area contributed by atoms with Crippen LogP contribution in [0, 0.1) is 0 Å². The van der Waals surface area contributed by atoms with Crippen molar-refractivity contribution in [2.75, 3.05) is 26.7 Å². The molecule has 1 aliphatic heterocycles. The van der Waals surface area contributed by atoms with Crippen LogP contribution in [0.15, 0.2) is 48.8 Å². The minimum Gasteiger partial charge on any atom is -0.346 e. The highest BCUT2D eigenvalue weighted by molar-refractivity contribution is 5.78. The third-order valence-corrected chi connectivity index (χ3v) is 4.79. The normalized spacial score (nSPS) is 16.7. The van der Waals surface area contributed by atoms with Gasteiger partial charge < -0.3 is 10.6 Å². The molecule has 134 valence electrons. The molecule has 6 heteroatoms. The molecule has 1 amide bonds. The number of hydrogen-bond acceptors (Lipinski definition) is 4. The Labute approximate surface area is 149 Å². The van der Waals surface area contributed by atoms with Crippen LogP contribution in [0.25, 0.3) is 0 Å². The summed E-state index contributed by atoms with van der Waals surface area (Å²) in [4.78, 5) is 14.8. The highest BCUT2D eigenvalue weighted by atomic mass is 16.2. The zero-order valence-corrected chi connectivity index (χ0v) is 14.8. The van der Waals surface area contributed by atoms with Crippen molar-refractivity contribution in [2.24, 2.45) is 0 Å². The van der Waals surface area contributed by atoms with Crippen LogP contribution in [-0.4, -0.2) is 53.3 Å². The average molecular weight is 341 g/mol. The van der Waals surface area contributed by atoms with Gasteiger partial charge in [0.05, 0.1) is 19.1 Å².